The summed E-state index contributed by atoms with van der Waals surface area (Å²) in [5, 5.41) is 38.7. The van der Waals surface area contributed by atoms with Crippen molar-refractivity contribution in [2.45, 2.75) is 30.7 Å². The van der Waals surface area contributed by atoms with Crippen LogP contribution in [0.5, 0.6) is 11.5 Å². The van der Waals surface area contributed by atoms with E-state index in [9.17, 15) is 20.1 Å². The van der Waals surface area contributed by atoms with E-state index in [4.69, 9.17) is 35.7 Å². The van der Waals surface area contributed by atoms with Crippen LogP contribution in [0.2, 0.25) is 5.02 Å². The Labute approximate surface area is 148 Å². The van der Waals surface area contributed by atoms with E-state index in [1.165, 1.54) is 14.2 Å². The molecule has 5 atom stereocenters. The first-order valence-corrected chi connectivity index (χ1v) is 7.64. The SMILES string of the molecule is COc1cc(O)c(Cl)cc1C(=O)O[C@H]1[C@@H](OC)O[C@H](CO)[C@@H](O)[C@@H]1O. The standard InChI is InChI=1S/C15H19ClO9/c1-22-9-4-8(18)7(16)3-6(9)14(21)25-13-12(20)11(19)10(5-17)24-15(13)23-2/h3-4,10-13,15,17-20H,5H2,1-2H3/t10-,11-,12+,13-,15+/m1/s1. The van der Waals surface area contributed by atoms with Gasteiger partial charge in [-0.25, -0.2) is 4.79 Å². The summed E-state index contributed by atoms with van der Waals surface area (Å²) in [4.78, 5) is 12.4. The van der Waals surface area contributed by atoms with E-state index in [1.807, 2.05) is 0 Å². The van der Waals surface area contributed by atoms with Gasteiger partial charge in [0.25, 0.3) is 0 Å². The summed E-state index contributed by atoms with van der Waals surface area (Å²) in [5.41, 5.74) is -0.105. The number of aliphatic hydroxyl groups is 3. The zero-order valence-electron chi connectivity index (χ0n) is 13.5. The molecule has 2 rings (SSSR count). The minimum absolute atomic E-state index is 0.000803. The van der Waals surface area contributed by atoms with Crippen LogP contribution in [0.1, 0.15) is 10.4 Å². The van der Waals surface area contributed by atoms with Gasteiger partial charge in [-0.1, -0.05) is 11.6 Å². The van der Waals surface area contributed by atoms with Gasteiger partial charge >= 0.3 is 5.97 Å². The van der Waals surface area contributed by atoms with Crippen molar-refractivity contribution in [3.05, 3.63) is 22.7 Å². The van der Waals surface area contributed by atoms with Gasteiger partial charge in [0.1, 0.15) is 35.4 Å². The highest BCUT2D eigenvalue weighted by atomic mass is 35.5. The molecule has 1 fully saturated rings. The fraction of sp³-hybridized carbons (Fsp3) is 0.533. The average molecular weight is 379 g/mol. The third-order valence-corrected chi connectivity index (χ3v) is 4.09. The maximum atomic E-state index is 12.4. The molecule has 0 aliphatic carbocycles. The van der Waals surface area contributed by atoms with Gasteiger partial charge in [0.2, 0.25) is 0 Å². The van der Waals surface area contributed by atoms with Crippen molar-refractivity contribution in [3.8, 4) is 11.5 Å². The van der Waals surface area contributed by atoms with Crippen molar-refractivity contribution in [2.75, 3.05) is 20.8 Å². The van der Waals surface area contributed by atoms with E-state index in [-0.39, 0.29) is 22.1 Å². The lowest BCUT2D eigenvalue weighted by Gasteiger charge is -2.40. The molecule has 1 aliphatic rings. The highest BCUT2D eigenvalue weighted by Crippen LogP contribution is 2.33. The predicted molar refractivity (Wildman–Crippen MR) is 83.6 cm³/mol. The summed E-state index contributed by atoms with van der Waals surface area (Å²) in [6, 6.07) is 2.28. The summed E-state index contributed by atoms with van der Waals surface area (Å²) in [6.45, 7) is -0.555. The summed E-state index contributed by atoms with van der Waals surface area (Å²) in [7, 11) is 2.54. The smallest absolute Gasteiger partial charge is 0.342 e. The Morgan fingerprint density at radius 1 is 1.28 bits per heavy atom. The fourth-order valence-corrected chi connectivity index (χ4v) is 2.59. The van der Waals surface area contributed by atoms with E-state index in [0.717, 1.165) is 12.1 Å². The first-order chi connectivity index (χ1) is 11.8. The minimum atomic E-state index is -1.56. The van der Waals surface area contributed by atoms with E-state index in [0.29, 0.717) is 0 Å². The first-order valence-electron chi connectivity index (χ1n) is 7.26. The second-order valence-electron chi connectivity index (χ2n) is 5.32. The molecule has 1 aromatic rings. The average Bonchev–Trinajstić information content (AvgIpc) is 2.61. The number of phenolic OH excluding ortho intramolecular Hbond substituents is 1. The third kappa shape index (κ3) is 3.97. The lowest BCUT2D eigenvalue weighted by molar-refractivity contribution is -0.293. The summed E-state index contributed by atoms with van der Waals surface area (Å²) >= 11 is 5.80. The number of benzene rings is 1. The quantitative estimate of drug-likeness (QED) is 0.507. The number of hydrogen-bond acceptors (Lipinski definition) is 9. The molecule has 0 amide bonds. The fourth-order valence-electron chi connectivity index (χ4n) is 2.43. The van der Waals surface area contributed by atoms with E-state index in [1.54, 1.807) is 0 Å². The minimum Gasteiger partial charge on any atom is -0.506 e. The molecular formula is C15H19ClO9. The third-order valence-electron chi connectivity index (χ3n) is 3.79. The Morgan fingerprint density at radius 3 is 2.52 bits per heavy atom. The van der Waals surface area contributed by atoms with Crippen LogP contribution < -0.4 is 4.74 Å². The van der Waals surface area contributed by atoms with Crippen LogP contribution in [-0.4, -0.2) is 77.9 Å². The Kier molecular flexibility index (Phi) is 6.44. The van der Waals surface area contributed by atoms with Gasteiger partial charge < -0.3 is 39.4 Å². The van der Waals surface area contributed by atoms with Gasteiger partial charge in [-0.2, -0.15) is 0 Å². The van der Waals surface area contributed by atoms with Gasteiger partial charge in [-0.05, 0) is 6.07 Å². The van der Waals surface area contributed by atoms with Crippen molar-refractivity contribution in [2.24, 2.45) is 0 Å². The molecule has 0 bridgehead atoms. The Bertz CT molecular complexity index is 621. The zero-order chi connectivity index (χ0) is 18.7. The van der Waals surface area contributed by atoms with Crippen LogP contribution in [0.4, 0.5) is 0 Å². The first kappa shape index (κ1) is 19.7. The molecule has 1 heterocycles. The molecule has 0 unspecified atom stereocenters. The van der Waals surface area contributed by atoms with Crippen molar-refractivity contribution in [3.63, 3.8) is 0 Å². The van der Waals surface area contributed by atoms with Crippen molar-refractivity contribution < 1.29 is 44.2 Å². The number of rotatable bonds is 5. The second kappa shape index (κ2) is 8.17. The van der Waals surface area contributed by atoms with Gasteiger partial charge in [0, 0.05) is 13.2 Å². The van der Waals surface area contributed by atoms with Crippen LogP contribution >= 0.6 is 11.6 Å². The molecule has 0 aromatic heterocycles. The van der Waals surface area contributed by atoms with Crippen LogP contribution in [0.3, 0.4) is 0 Å². The molecular weight excluding hydrogens is 360 g/mol. The number of carbonyl (C=O) groups excluding carboxylic acids is 1. The second-order valence-corrected chi connectivity index (χ2v) is 5.72. The highest BCUT2D eigenvalue weighted by molar-refractivity contribution is 6.32. The molecule has 0 saturated carbocycles. The van der Waals surface area contributed by atoms with Crippen molar-refractivity contribution >= 4 is 17.6 Å². The number of halogens is 1. The summed E-state index contributed by atoms with van der Waals surface area (Å²) in [5.74, 6) is -1.23. The normalized spacial score (nSPS) is 29.3. The van der Waals surface area contributed by atoms with Gasteiger partial charge in [-0.3, -0.25) is 0 Å². The topological polar surface area (TPSA) is 135 Å². The lowest BCUT2D eigenvalue weighted by atomic mass is 9.99. The van der Waals surface area contributed by atoms with Crippen molar-refractivity contribution in [1.29, 1.82) is 0 Å². The van der Waals surface area contributed by atoms with E-state index >= 15 is 0 Å². The summed E-state index contributed by atoms with van der Waals surface area (Å²) < 4.78 is 20.5. The highest BCUT2D eigenvalue weighted by Gasteiger charge is 2.47. The molecule has 0 radical (unpaired) electrons. The zero-order valence-corrected chi connectivity index (χ0v) is 14.2. The molecule has 9 nitrogen and oxygen atoms in total. The molecule has 4 N–H and O–H groups in total. The molecule has 25 heavy (non-hydrogen) atoms. The largest absolute Gasteiger partial charge is 0.506 e. The van der Waals surface area contributed by atoms with Crippen LogP contribution in [0, 0.1) is 0 Å². The molecule has 10 heteroatoms. The number of aliphatic hydroxyl groups excluding tert-OH is 3. The molecule has 140 valence electrons. The molecule has 0 spiro atoms. The van der Waals surface area contributed by atoms with Crippen LogP contribution in [-0.2, 0) is 14.2 Å². The molecule has 1 aliphatic heterocycles. The number of methoxy groups -OCH3 is 2. The van der Waals surface area contributed by atoms with Crippen LogP contribution in [0.15, 0.2) is 12.1 Å². The summed E-state index contributed by atoms with van der Waals surface area (Å²) in [6.07, 6.45) is -6.71. The number of esters is 1. The number of hydrogen-bond donors (Lipinski definition) is 4. The number of ether oxygens (including phenoxy) is 4. The number of aromatic hydroxyl groups is 1. The van der Waals surface area contributed by atoms with E-state index < -0.39 is 43.3 Å². The predicted octanol–water partition coefficient (Wildman–Crippen LogP) is -0.335. The Hall–Kier alpha value is -1.62. The van der Waals surface area contributed by atoms with Gasteiger partial charge in [0.15, 0.2) is 12.4 Å². The van der Waals surface area contributed by atoms with E-state index in [2.05, 4.69) is 0 Å². The Morgan fingerprint density at radius 2 is 1.96 bits per heavy atom. The molecule has 1 aromatic carbocycles. The van der Waals surface area contributed by atoms with Crippen LogP contribution in [0.25, 0.3) is 0 Å². The van der Waals surface area contributed by atoms with Crippen molar-refractivity contribution in [1.82, 2.24) is 0 Å². The lowest BCUT2D eigenvalue weighted by Crippen LogP contribution is -2.60. The maximum Gasteiger partial charge on any atom is 0.342 e. The number of carbonyl (C=O) groups is 1. The Balaban J connectivity index is 2.25. The molecule has 1 saturated heterocycles. The van der Waals surface area contributed by atoms with Gasteiger partial charge in [-0.15, -0.1) is 0 Å². The van der Waals surface area contributed by atoms with Gasteiger partial charge in [0.05, 0.1) is 18.7 Å². The monoisotopic (exact) mass is 378 g/mol. The number of phenols is 1. The maximum absolute atomic E-state index is 12.4.